The number of amides is 2. The molecule has 0 fully saturated rings. The summed E-state index contributed by atoms with van der Waals surface area (Å²) in [5.41, 5.74) is -5.80. The maximum Gasteiger partial charge on any atom is 0.573 e. The van der Waals surface area contributed by atoms with Gasteiger partial charge in [0.2, 0.25) is 0 Å². The van der Waals surface area contributed by atoms with Gasteiger partial charge in [-0.25, -0.2) is 14.4 Å². The molecule has 2 amide bonds. The van der Waals surface area contributed by atoms with E-state index in [4.69, 9.17) is 11.6 Å². The number of rotatable bonds is 7. The highest BCUT2D eigenvalue weighted by Crippen LogP contribution is 2.36. The van der Waals surface area contributed by atoms with Crippen molar-refractivity contribution in [3.63, 3.8) is 0 Å². The molecule has 7 nitrogen and oxygen atoms in total. The summed E-state index contributed by atoms with van der Waals surface area (Å²) >= 11 is 5.26. The Morgan fingerprint density at radius 2 is 1.64 bits per heavy atom. The molecule has 2 atom stereocenters. The molecule has 15 heteroatoms. The number of nitrogens with zero attached hydrogens (tertiary/aromatic N) is 3. The molecule has 1 N–H and O–H groups in total. The normalized spacial score (nSPS) is 14.7. The quantitative estimate of drug-likeness (QED) is 0.459. The lowest BCUT2D eigenvalue weighted by Gasteiger charge is -2.40. The Kier molecular flexibility index (Phi) is 7.72. The van der Waals surface area contributed by atoms with Crippen LogP contribution in [0.1, 0.15) is 12.5 Å². The highest BCUT2D eigenvalue weighted by molar-refractivity contribution is 6.32. The van der Waals surface area contributed by atoms with Gasteiger partial charge in [0.1, 0.15) is 18.6 Å². The number of hydrogen-bond donors (Lipinski definition) is 1. The van der Waals surface area contributed by atoms with Crippen molar-refractivity contribution in [1.29, 1.82) is 0 Å². The van der Waals surface area contributed by atoms with Crippen LogP contribution in [0.4, 0.5) is 36.4 Å². The van der Waals surface area contributed by atoms with Crippen LogP contribution in [0.2, 0.25) is 0 Å². The largest absolute Gasteiger partial charge is 0.573 e. The van der Waals surface area contributed by atoms with Crippen molar-refractivity contribution in [2.24, 2.45) is 0 Å². The minimum Gasteiger partial charge on any atom is -0.406 e. The summed E-state index contributed by atoms with van der Waals surface area (Å²) in [5, 5.41) is 1.60. The zero-order valence-corrected chi connectivity index (χ0v) is 17.2. The first-order valence-corrected chi connectivity index (χ1v) is 9.17. The molecule has 0 aliphatic carbocycles. The fourth-order valence-corrected chi connectivity index (χ4v) is 2.86. The minimum atomic E-state index is -5.04. The summed E-state index contributed by atoms with van der Waals surface area (Å²) < 4.78 is 92.9. The Morgan fingerprint density at radius 1 is 1.09 bits per heavy atom. The van der Waals surface area contributed by atoms with E-state index in [-0.39, 0.29) is 11.3 Å². The molecule has 2 aromatic rings. The van der Waals surface area contributed by atoms with Gasteiger partial charge in [0.15, 0.2) is 5.54 Å². The Bertz CT molecular complexity index is 972. The molecule has 33 heavy (non-hydrogen) atoms. The number of carbonyl (C=O) groups is 2. The van der Waals surface area contributed by atoms with Gasteiger partial charge in [-0.05, 0) is 31.2 Å². The lowest BCUT2D eigenvalue weighted by atomic mass is 9.90. The highest BCUT2D eigenvalue weighted by Gasteiger charge is 2.48. The molecular weight excluding hydrogens is 489 g/mol. The van der Waals surface area contributed by atoms with Crippen LogP contribution in [0.3, 0.4) is 0 Å². The second kappa shape index (κ2) is 9.77. The lowest BCUT2D eigenvalue weighted by molar-refractivity contribution is -0.274. The summed E-state index contributed by atoms with van der Waals surface area (Å²) in [6.07, 6.45) is -6.87. The molecule has 1 heterocycles. The Labute approximate surface area is 186 Å². The van der Waals surface area contributed by atoms with Crippen molar-refractivity contribution in [2.45, 2.75) is 30.6 Å². The maximum atomic E-state index is 13.9. The van der Waals surface area contributed by atoms with E-state index in [1.54, 1.807) is 5.32 Å². The van der Waals surface area contributed by atoms with Crippen LogP contribution < -0.4 is 15.0 Å². The summed E-state index contributed by atoms with van der Waals surface area (Å²) in [6, 6.07) is 3.22. The Hall–Kier alpha value is -3.16. The number of ether oxygens (including phenoxy) is 1. The maximum absolute atomic E-state index is 13.9. The van der Waals surface area contributed by atoms with E-state index in [9.17, 15) is 40.3 Å². The Balaban J connectivity index is 2.62. The van der Waals surface area contributed by atoms with Crippen molar-refractivity contribution in [1.82, 2.24) is 15.3 Å². The van der Waals surface area contributed by atoms with Crippen LogP contribution in [-0.2, 0) is 15.1 Å². The third kappa shape index (κ3) is 6.66. The van der Waals surface area contributed by atoms with E-state index >= 15 is 0 Å². The van der Waals surface area contributed by atoms with Gasteiger partial charge in [0.05, 0.1) is 0 Å². The summed E-state index contributed by atoms with van der Waals surface area (Å²) in [6.45, 7) is -0.829. The van der Waals surface area contributed by atoms with Crippen LogP contribution in [0.25, 0.3) is 0 Å². The predicted molar refractivity (Wildman–Crippen MR) is 99.8 cm³/mol. The van der Waals surface area contributed by atoms with Crippen LogP contribution >= 0.6 is 11.6 Å². The first-order chi connectivity index (χ1) is 15.1. The van der Waals surface area contributed by atoms with Crippen LogP contribution in [-0.4, -0.2) is 46.5 Å². The highest BCUT2D eigenvalue weighted by atomic mass is 35.5. The van der Waals surface area contributed by atoms with E-state index in [0.717, 1.165) is 49.9 Å². The molecule has 1 aromatic heterocycles. The van der Waals surface area contributed by atoms with E-state index in [0.29, 0.717) is 4.90 Å². The number of benzene rings is 1. The third-order valence-corrected chi connectivity index (χ3v) is 4.38. The van der Waals surface area contributed by atoms with Gasteiger partial charge in [-0.15, -0.1) is 13.2 Å². The van der Waals surface area contributed by atoms with Gasteiger partial charge in [-0.1, -0.05) is 11.6 Å². The number of anilines is 1. The van der Waals surface area contributed by atoms with Crippen molar-refractivity contribution >= 4 is 29.1 Å². The van der Waals surface area contributed by atoms with Gasteiger partial charge in [0, 0.05) is 23.6 Å². The topological polar surface area (TPSA) is 84.4 Å². The van der Waals surface area contributed by atoms with Crippen molar-refractivity contribution in [3.05, 3.63) is 48.5 Å². The Morgan fingerprint density at radius 3 is 2.09 bits per heavy atom. The molecule has 0 saturated carbocycles. The lowest BCUT2D eigenvalue weighted by Crippen LogP contribution is -2.59. The number of hydrogen-bond acceptors (Lipinski definition) is 5. The van der Waals surface area contributed by atoms with Gasteiger partial charge in [0.25, 0.3) is 17.4 Å². The average molecular weight is 503 g/mol. The van der Waals surface area contributed by atoms with Crippen molar-refractivity contribution in [3.8, 4) is 5.75 Å². The van der Waals surface area contributed by atoms with Crippen LogP contribution in [0, 0.1) is 0 Å². The van der Waals surface area contributed by atoms with E-state index in [2.05, 4.69) is 14.7 Å². The molecule has 0 unspecified atom stereocenters. The second-order valence-corrected chi connectivity index (χ2v) is 6.90. The molecule has 0 radical (unpaired) electrons. The summed E-state index contributed by atoms with van der Waals surface area (Å²) in [7, 11) is 0. The molecule has 0 bridgehead atoms. The molecular formula is C18H14ClF7N4O3. The van der Waals surface area contributed by atoms with Gasteiger partial charge in [-0.3, -0.25) is 14.5 Å². The summed E-state index contributed by atoms with van der Waals surface area (Å²) in [5.74, 6) is -3.72. The minimum absolute atomic E-state index is 0.244. The second-order valence-electron chi connectivity index (χ2n) is 6.51. The monoisotopic (exact) mass is 502 g/mol. The fraction of sp³-hybridized carbons (Fsp3) is 0.333. The number of halogens is 8. The van der Waals surface area contributed by atoms with Crippen LogP contribution in [0.5, 0.6) is 5.75 Å². The standard InChI is InChI=1S/C18H14ClF7N4O3/c1-16(10-6-27-9-28-7-10,15(32)29-8-17(21,22)23)30(14(31)13(19)20)11-2-4-12(5-3-11)33-18(24,25)26/h2-7,9,13H,8H2,1H3,(H,29,32)/t13-,16+/m0/s1. The molecule has 0 aliphatic heterocycles. The van der Waals surface area contributed by atoms with Gasteiger partial charge < -0.3 is 10.1 Å². The van der Waals surface area contributed by atoms with Crippen LogP contribution in [0.15, 0.2) is 43.0 Å². The van der Waals surface area contributed by atoms with Crippen molar-refractivity contribution < 1.29 is 45.1 Å². The first kappa shape index (κ1) is 26.1. The SMILES string of the molecule is C[C@](C(=O)NCC(F)(F)F)(c1cncnc1)N(C(=O)[C@H](F)Cl)c1ccc(OC(F)(F)F)cc1. The molecule has 0 spiro atoms. The molecule has 180 valence electrons. The number of alkyl halides is 8. The molecule has 2 rings (SSSR count). The zero-order valence-electron chi connectivity index (χ0n) is 16.4. The van der Waals surface area contributed by atoms with E-state index in [1.165, 1.54) is 0 Å². The average Bonchev–Trinajstić information content (AvgIpc) is 2.72. The van der Waals surface area contributed by atoms with Crippen molar-refractivity contribution in [2.75, 3.05) is 11.4 Å². The van der Waals surface area contributed by atoms with E-state index < -0.39 is 47.8 Å². The van der Waals surface area contributed by atoms with E-state index in [1.807, 2.05) is 0 Å². The number of aromatic nitrogens is 2. The number of carbonyl (C=O) groups excluding carboxylic acids is 2. The predicted octanol–water partition coefficient (Wildman–Crippen LogP) is 3.84. The molecule has 0 saturated heterocycles. The van der Waals surface area contributed by atoms with Gasteiger partial charge in [-0.2, -0.15) is 13.2 Å². The molecule has 1 aromatic carbocycles. The zero-order chi connectivity index (χ0) is 25.0. The smallest absolute Gasteiger partial charge is 0.406 e. The summed E-state index contributed by atoms with van der Waals surface area (Å²) in [4.78, 5) is 33.3. The van der Waals surface area contributed by atoms with Gasteiger partial charge >= 0.3 is 12.5 Å². The first-order valence-electron chi connectivity index (χ1n) is 8.73. The number of nitrogens with one attached hydrogen (secondary N) is 1. The fourth-order valence-electron chi connectivity index (χ4n) is 2.77. The molecule has 0 aliphatic rings. The third-order valence-electron chi connectivity index (χ3n) is 4.20.